The van der Waals surface area contributed by atoms with E-state index in [0.717, 1.165) is 7.05 Å². The summed E-state index contributed by atoms with van der Waals surface area (Å²) in [6, 6.07) is 0. The number of aromatic nitrogens is 3. The molecule has 0 spiro atoms. The van der Waals surface area contributed by atoms with E-state index in [-0.39, 0.29) is 0 Å². The summed E-state index contributed by atoms with van der Waals surface area (Å²) in [7, 11) is 1.16. The van der Waals surface area contributed by atoms with Gasteiger partial charge in [-0.25, -0.2) is 28.1 Å². The van der Waals surface area contributed by atoms with Gasteiger partial charge in [-0.3, -0.25) is 0 Å². The molecule has 8 nitrogen and oxygen atoms in total. The van der Waals surface area contributed by atoms with Crippen molar-refractivity contribution in [3.8, 4) is 0 Å². The van der Waals surface area contributed by atoms with E-state index in [4.69, 9.17) is 0 Å². The first-order valence-electron chi connectivity index (χ1n) is 4.32. The third-order valence-corrected chi connectivity index (χ3v) is 2.01. The standard InChI is InChI=1S/C8H9N3O5/c1-9-6(14)10(2-4-12)8(16)11(3-5-13)7(9)15/h4-5H,2-3H2,1H3. The monoisotopic (exact) mass is 227 g/mol. The molecule has 1 aromatic heterocycles. The van der Waals surface area contributed by atoms with Gasteiger partial charge in [0, 0.05) is 7.05 Å². The van der Waals surface area contributed by atoms with E-state index in [0.29, 0.717) is 26.3 Å². The molecule has 0 saturated heterocycles. The van der Waals surface area contributed by atoms with Crippen molar-refractivity contribution in [2.75, 3.05) is 0 Å². The normalized spacial score (nSPS) is 10.1. The lowest BCUT2D eigenvalue weighted by Gasteiger charge is -2.06. The highest BCUT2D eigenvalue weighted by atomic mass is 16.2. The number of hydrogen-bond acceptors (Lipinski definition) is 5. The molecule has 0 saturated carbocycles. The molecule has 1 rings (SSSR count). The molecule has 16 heavy (non-hydrogen) atoms. The van der Waals surface area contributed by atoms with Crippen molar-refractivity contribution in [1.29, 1.82) is 0 Å². The zero-order valence-electron chi connectivity index (χ0n) is 8.45. The van der Waals surface area contributed by atoms with Crippen LogP contribution in [0.25, 0.3) is 0 Å². The second kappa shape index (κ2) is 4.51. The van der Waals surface area contributed by atoms with Crippen molar-refractivity contribution in [3.63, 3.8) is 0 Å². The van der Waals surface area contributed by atoms with Crippen molar-refractivity contribution >= 4 is 12.6 Å². The molecule has 0 aliphatic carbocycles. The third kappa shape index (κ3) is 1.76. The molecule has 0 aliphatic heterocycles. The molecule has 0 amide bonds. The maximum absolute atomic E-state index is 11.5. The molecule has 0 aliphatic rings. The topological polar surface area (TPSA) is 100 Å². The highest BCUT2D eigenvalue weighted by molar-refractivity contribution is 5.49. The zero-order valence-corrected chi connectivity index (χ0v) is 8.45. The molecule has 1 heterocycles. The van der Waals surface area contributed by atoms with Gasteiger partial charge in [-0.15, -0.1) is 0 Å². The van der Waals surface area contributed by atoms with E-state index in [9.17, 15) is 24.0 Å². The van der Waals surface area contributed by atoms with Crippen molar-refractivity contribution < 1.29 is 9.59 Å². The van der Waals surface area contributed by atoms with Gasteiger partial charge in [0.2, 0.25) is 0 Å². The van der Waals surface area contributed by atoms with Gasteiger partial charge >= 0.3 is 17.1 Å². The molecule has 1 aromatic rings. The average Bonchev–Trinajstić information content (AvgIpc) is 2.28. The first-order chi connectivity index (χ1) is 7.54. The Morgan fingerprint density at radius 3 is 1.56 bits per heavy atom. The van der Waals surface area contributed by atoms with Gasteiger partial charge < -0.3 is 9.59 Å². The zero-order chi connectivity index (χ0) is 12.3. The van der Waals surface area contributed by atoms with Crippen molar-refractivity contribution in [1.82, 2.24) is 13.7 Å². The van der Waals surface area contributed by atoms with E-state index >= 15 is 0 Å². The van der Waals surface area contributed by atoms with Gasteiger partial charge in [0.25, 0.3) is 0 Å². The van der Waals surface area contributed by atoms with Crippen LogP contribution in [0.4, 0.5) is 0 Å². The Kier molecular flexibility index (Phi) is 3.33. The molecular weight excluding hydrogens is 218 g/mol. The number of hydrogen-bond donors (Lipinski definition) is 0. The van der Waals surface area contributed by atoms with Crippen LogP contribution < -0.4 is 17.1 Å². The number of aldehydes is 2. The molecule has 0 radical (unpaired) electrons. The Labute approximate surface area is 88.4 Å². The van der Waals surface area contributed by atoms with Crippen LogP contribution in [0.5, 0.6) is 0 Å². The van der Waals surface area contributed by atoms with Crippen LogP contribution in [0.1, 0.15) is 0 Å². The summed E-state index contributed by atoms with van der Waals surface area (Å²) in [6.07, 6.45) is 0.719. The molecular formula is C8H9N3O5. The van der Waals surface area contributed by atoms with Gasteiger partial charge in [0.15, 0.2) is 0 Å². The lowest BCUT2D eigenvalue weighted by atomic mass is 10.6. The van der Waals surface area contributed by atoms with Crippen molar-refractivity contribution in [2.24, 2.45) is 7.05 Å². The van der Waals surface area contributed by atoms with Crippen molar-refractivity contribution in [3.05, 3.63) is 31.5 Å². The Bertz CT molecular complexity index is 543. The molecule has 0 fully saturated rings. The minimum atomic E-state index is -0.965. The van der Waals surface area contributed by atoms with Crippen LogP contribution in [0.15, 0.2) is 14.4 Å². The largest absolute Gasteiger partial charge is 0.337 e. The number of rotatable bonds is 4. The van der Waals surface area contributed by atoms with E-state index < -0.39 is 30.2 Å². The number of nitrogens with zero attached hydrogens (tertiary/aromatic N) is 3. The predicted octanol–water partition coefficient (Wildman–Crippen LogP) is -2.89. The minimum absolute atomic E-state index is 0.360. The van der Waals surface area contributed by atoms with Crippen LogP contribution in [-0.2, 0) is 29.7 Å². The van der Waals surface area contributed by atoms with Gasteiger partial charge in [-0.2, -0.15) is 0 Å². The van der Waals surface area contributed by atoms with Crippen LogP contribution in [0.3, 0.4) is 0 Å². The Hall–Kier alpha value is -2.25. The van der Waals surface area contributed by atoms with Crippen LogP contribution >= 0.6 is 0 Å². The highest BCUT2D eigenvalue weighted by Crippen LogP contribution is 1.70. The maximum Gasteiger partial charge on any atom is 0.337 e. The predicted molar refractivity (Wildman–Crippen MR) is 52.3 cm³/mol. The van der Waals surface area contributed by atoms with Gasteiger partial charge in [-0.1, -0.05) is 0 Å². The summed E-state index contributed by atoms with van der Waals surface area (Å²) in [5.74, 6) is 0. The maximum atomic E-state index is 11.5. The second-order valence-corrected chi connectivity index (χ2v) is 2.96. The van der Waals surface area contributed by atoms with Gasteiger partial charge in [0.05, 0.1) is 13.1 Å². The van der Waals surface area contributed by atoms with E-state index in [1.54, 1.807) is 0 Å². The summed E-state index contributed by atoms with van der Waals surface area (Å²) in [4.78, 5) is 54.9. The summed E-state index contributed by atoms with van der Waals surface area (Å²) in [5.41, 5.74) is -2.74. The van der Waals surface area contributed by atoms with E-state index in [2.05, 4.69) is 0 Å². The lowest BCUT2D eigenvalue weighted by molar-refractivity contribution is -0.108. The Morgan fingerprint density at radius 2 is 1.25 bits per heavy atom. The molecule has 0 N–H and O–H groups in total. The molecule has 0 unspecified atom stereocenters. The molecule has 0 bridgehead atoms. The second-order valence-electron chi connectivity index (χ2n) is 2.96. The van der Waals surface area contributed by atoms with Gasteiger partial charge in [-0.05, 0) is 0 Å². The summed E-state index contributed by atoms with van der Waals surface area (Å²) < 4.78 is 1.82. The van der Waals surface area contributed by atoms with Crippen LogP contribution in [-0.4, -0.2) is 26.3 Å². The molecule has 8 heteroatoms. The Balaban J connectivity index is 3.72. The highest BCUT2D eigenvalue weighted by Gasteiger charge is 2.11. The lowest BCUT2D eigenvalue weighted by Crippen LogP contribution is -2.54. The fourth-order valence-electron chi connectivity index (χ4n) is 1.21. The van der Waals surface area contributed by atoms with Crippen molar-refractivity contribution in [2.45, 2.75) is 13.1 Å². The Morgan fingerprint density at radius 1 is 0.875 bits per heavy atom. The smallest absolute Gasteiger partial charge is 0.301 e. The quantitative estimate of drug-likeness (QED) is 0.514. The first-order valence-corrected chi connectivity index (χ1v) is 4.32. The molecule has 0 atom stereocenters. The average molecular weight is 227 g/mol. The van der Waals surface area contributed by atoms with Crippen LogP contribution in [0, 0.1) is 0 Å². The summed E-state index contributed by atoms with van der Waals surface area (Å²) in [5, 5.41) is 0. The van der Waals surface area contributed by atoms with E-state index in [1.165, 1.54) is 0 Å². The first kappa shape index (κ1) is 11.8. The van der Waals surface area contributed by atoms with Crippen LogP contribution in [0.2, 0.25) is 0 Å². The fraction of sp³-hybridized carbons (Fsp3) is 0.375. The van der Waals surface area contributed by atoms with E-state index in [1.807, 2.05) is 0 Å². The number of carbonyl (C=O) groups excluding carboxylic acids is 2. The fourth-order valence-corrected chi connectivity index (χ4v) is 1.21. The molecule has 0 aromatic carbocycles. The molecule has 86 valence electrons. The van der Waals surface area contributed by atoms with Gasteiger partial charge in [0.1, 0.15) is 12.6 Å². The summed E-state index contributed by atoms with van der Waals surface area (Å²) >= 11 is 0. The third-order valence-electron chi connectivity index (χ3n) is 2.01. The minimum Gasteiger partial charge on any atom is -0.301 e. The summed E-state index contributed by atoms with van der Waals surface area (Å²) in [6.45, 7) is -0.907. The SMILES string of the molecule is Cn1c(=O)n(CC=O)c(=O)n(CC=O)c1=O. The number of carbonyl (C=O) groups is 2.